The smallest absolute Gasteiger partial charge is 0.220 e. The van der Waals surface area contributed by atoms with E-state index in [9.17, 15) is 61.0 Å². The van der Waals surface area contributed by atoms with Crippen molar-refractivity contribution in [1.29, 1.82) is 0 Å². The largest absolute Gasteiger partial charge is 0.394 e. The molecule has 0 saturated carbocycles. The summed E-state index contributed by atoms with van der Waals surface area (Å²) in [6.45, 7) is 1.80. The fourth-order valence-corrected chi connectivity index (χ4v) is 12.9. The quantitative estimate of drug-likeness (QED) is 0.0199. The van der Waals surface area contributed by atoms with Crippen LogP contribution in [0.1, 0.15) is 303 Å². The Morgan fingerprint density at radius 2 is 0.717 bits per heavy atom. The lowest BCUT2D eigenvalue weighted by Gasteiger charge is -2.48. The van der Waals surface area contributed by atoms with Crippen LogP contribution in [-0.2, 0) is 33.2 Å². The molecule has 12 N–H and O–H groups in total. The summed E-state index contributed by atoms with van der Waals surface area (Å²) in [4.78, 5) is 13.4. The van der Waals surface area contributed by atoms with Gasteiger partial charge in [-0.2, -0.15) is 0 Å². The number of rotatable bonds is 59. The molecular formula is C73H137NO18. The standard InChI is InChI=1S/C73H137NO18/c1-3-5-7-9-11-13-15-17-19-21-22-23-24-25-26-27-28-29-30-31-32-33-34-35-36-38-40-42-44-46-48-50-57(78)56(74-61(79)51-49-47-45-43-41-39-37-20-18-16-14-12-10-8-6-4-2)55-87-71-67(85)64(82)69(59(53-76)89-71)92-73-68(86)65(83)70(60(54-77)90-73)91-72-66(84)63(81)62(80)58(52-75)88-72/h14,16,20,37,56-60,62-73,75-78,80-86H,3-13,15,17-19,21-36,38-55H2,1-2H3,(H,74,79)/b16-14-,37-20-. The number of ether oxygens (including phenoxy) is 6. The summed E-state index contributed by atoms with van der Waals surface area (Å²) < 4.78 is 34.4. The van der Waals surface area contributed by atoms with Crippen molar-refractivity contribution in [3.05, 3.63) is 24.3 Å². The Balaban J connectivity index is 1.37. The van der Waals surface area contributed by atoms with Crippen molar-refractivity contribution < 1.29 is 89.4 Å². The number of carbonyl (C=O) groups excluding carboxylic acids is 1. The Labute approximate surface area is 556 Å². The minimum Gasteiger partial charge on any atom is -0.394 e. The zero-order chi connectivity index (χ0) is 66.8. The maximum atomic E-state index is 13.4. The second-order valence-corrected chi connectivity index (χ2v) is 27.1. The third-order valence-electron chi connectivity index (χ3n) is 19.0. The zero-order valence-electron chi connectivity index (χ0n) is 57.5. The molecule has 0 radical (unpaired) electrons. The monoisotopic (exact) mass is 1320 g/mol. The number of amides is 1. The third-order valence-corrected chi connectivity index (χ3v) is 19.0. The van der Waals surface area contributed by atoms with Crippen molar-refractivity contribution in [2.75, 3.05) is 26.4 Å². The van der Waals surface area contributed by atoms with E-state index in [-0.39, 0.29) is 18.9 Å². The Morgan fingerprint density at radius 3 is 1.12 bits per heavy atom. The summed E-state index contributed by atoms with van der Waals surface area (Å²) in [6.07, 6.45) is 37.0. The van der Waals surface area contributed by atoms with Gasteiger partial charge in [0.1, 0.15) is 73.2 Å². The number of aliphatic hydroxyl groups excluding tert-OH is 11. The van der Waals surface area contributed by atoms with Crippen LogP contribution in [0.5, 0.6) is 0 Å². The molecule has 3 aliphatic heterocycles. The van der Waals surface area contributed by atoms with E-state index in [2.05, 4.69) is 43.5 Å². The second kappa shape index (κ2) is 55.2. The van der Waals surface area contributed by atoms with Crippen LogP contribution in [0.15, 0.2) is 24.3 Å². The van der Waals surface area contributed by atoms with E-state index in [0.717, 1.165) is 70.6 Å². The lowest BCUT2D eigenvalue weighted by molar-refractivity contribution is -0.379. The van der Waals surface area contributed by atoms with Gasteiger partial charge in [0.2, 0.25) is 5.91 Å². The minimum atomic E-state index is -1.97. The lowest BCUT2D eigenvalue weighted by atomic mass is 9.96. The zero-order valence-corrected chi connectivity index (χ0v) is 57.5. The van der Waals surface area contributed by atoms with Gasteiger partial charge in [-0.25, -0.2) is 0 Å². The number of allylic oxidation sites excluding steroid dienone is 4. The molecule has 92 heavy (non-hydrogen) atoms. The van der Waals surface area contributed by atoms with E-state index < -0.39 is 124 Å². The van der Waals surface area contributed by atoms with Gasteiger partial charge in [-0.15, -0.1) is 0 Å². The van der Waals surface area contributed by atoms with Gasteiger partial charge >= 0.3 is 0 Å². The first kappa shape index (κ1) is 84.5. The van der Waals surface area contributed by atoms with E-state index in [1.807, 2.05) is 0 Å². The van der Waals surface area contributed by atoms with Gasteiger partial charge in [-0.05, 0) is 44.9 Å². The van der Waals surface area contributed by atoms with Crippen LogP contribution in [0, 0.1) is 0 Å². The molecule has 1 amide bonds. The summed E-state index contributed by atoms with van der Waals surface area (Å²) >= 11 is 0. The van der Waals surface area contributed by atoms with E-state index >= 15 is 0 Å². The fraction of sp³-hybridized carbons (Fsp3) is 0.932. The molecule has 0 spiro atoms. The second-order valence-electron chi connectivity index (χ2n) is 27.1. The molecule has 3 heterocycles. The van der Waals surface area contributed by atoms with Crippen molar-refractivity contribution in [3.8, 4) is 0 Å². The van der Waals surface area contributed by atoms with Crippen LogP contribution in [0.2, 0.25) is 0 Å². The predicted molar refractivity (Wildman–Crippen MR) is 360 cm³/mol. The van der Waals surface area contributed by atoms with Crippen molar-refractivity contribution >= 4 is 5.91 Å². The van der Waals surface area contributed by atoms with Gasteiger partial charge in [0, 0.05) is 6.42 Å². The predicted octanol–water partition coefficient (Wildman–Crippen LogP) is 11.0. The number of nitrogens with one attached hydrogen (secondary N) is 1. The number of hydrogen-bond donors (Lipinski definition) is 12. The van der Waals surface area contributed by atoms with Gasteiger partial charge < -0.3 is 89.9 Å². The highest BCUT2D eigenvalue weighted by Gasteiger charge is 2.53. The van der Waals surface area contributed by atoms with Crippen LogP contribution < -0.4 is 5.32 Å². The molecule has 3 saturated heterocycles. The number of hydrogen-bond acceptors (Lipinski definition) is 18. The van der Waals surface area contributed by atoms with Crippen LogP contribution >= 0.6 is 0 Å². The Morgan fingerprint density at radius 1 is 0.391 bits per heavy atom. The minimum absolute atomic E-state index is 0.252. The SMILES string of the molecule is CCCCCC/C=C\C/C=C\CCCCCCCC(=O)NC(COC1OC(CO)C(OC2OC(CO)C(OC3OC(CO)C(O)C(O)C3O)C(O)C2O)C(O)C1O)C(O)CCCCCCCCCCCCCCCCCCCCCCCCCCCCCCCCC. The molecule has 17 atom stereocenters. The average Bonchev–Trinajstić information content (AvgIpc) is 0.808. The summed E-state index contributed by atoms with van der Waals surface area (Å²) in [5, 5.41) is 121. The van der Waals surface area contributed by atoms with Crippen molar-refractivity contribution in [2.45, 2.75) is 407 Å². The molecule has 3 fully saturated rings. The van der Waals surface area contributed by atoms with Gasteiger partial charge in [0.25, 0.3) is 0 Å². The highest BCUT2D eigenvalue weighted by Crippen LogP contribution is 2.33. The van der Waals surface area contributed by atoms with Crippen LogP contribution in [-0.4, -0.2) is 193 Å². The Hall–Kier alpha value is -1.73. The highest BCUT2D eigenvalue weighted by atomic mass is 16.8. The third kappa shape index (κ3) is 36.2. The normalized spacial score (nSPS) is 27.8. The summed E-state index contributed by atoms with van der Waals surface area (Å²) in [5.41, 5.74) is 0. The molecule has 0 aromatic carbocycles. The first-order valence-electron chi connectivity index (χ1n) is 37.6. The summed E-state index contributed by atoms with van der Waals surface area (Å²) in [7, 11) is 0. The number of carbonyl (C=O) groups is 1. The van der Waals surface area contributed by atoms with Crippen molar-refractivity contribution in [2.24, 2.45) is 0 Å². The molecule has 0 aromatic rings. The molecule has 3 rings (SSSR count). The lowest BCUT2D eigenvalue weighted by Crippen LogP contribution is -2.66. The summed E-state index contributed by atoms with van der Waals surface area (Å²) in [5.74, 6) is -0.253. The van der Waals surface area contributed by atoms with Crippen LogP contribution in [0.4, 0.5) is 0 Å². The maximum Gasteiger partial charge on any atom is 0.220 e. The number of aliphatic hydroxyl groups is 11. The van der Waals surface area contributed by atoms with Crippen LogP contribution in [0.25, 0.3) is 0 Å². The molecule has 0 bridgehead atoms. The van der Waals surface area contributed by atoms with Crippen LogP contribution in [0.3, 0.4) is 0 Å². The van der Waals surface area contributed by atoms with E-state index in [0.29, 0.717) is 12.8 Å². The average molecular weight is 1320 g/mol. The van der Waals surface area contributed by atoms with Crippen molar-refractivity contribution in [3.63, 3.8) is 0 Å². The molecular weight excluding hydrogens is 1180 g/mol. The van der Waals surface area contributed by atoms with E-state index in [1.165, 1.54) is 199 Å². The number of unbranched alkanes of at least 4 members (excludes halogenated alkanes) is 39. The molecule has 17 unspecified atom stereocenters. The fourth-order valence-electron chi connectivity index (χ4n) is 12.9. The molecule has 3 aliphatic rings. The molecule has 19 nitrogen and oxygen atoms in total. The Bertz CT molecular complexity index is 1760. The van der Waals surface area contributed by atoms with Crippen molar-refractivity contribution in [1.82, 2.24) is 5.32 Å². The van der Waals surface area contributed by atoms with Gasteiger partial charge in [0.05, 0.1) is 38.6 Å². The topological polar surface area (TPSA) is 307 Å². The van der Waals surface area contributed by atoms with E-state index in [4.69, 9.17) is 28.4 Å². The van der Waals surface area contributed by atoms with E-state index in [1.54, 1.807) is 0 Å². The highest BCUT2D eigenvalue weighted by molar-refractivity contribution is 5.76. The van der Waals surface area contributed by atoms with Gasteiger partial charge in [-0.1, -0.05) is 276 Å². The molecule has 0 aliphatic carbocycles. The Kier molecular flexibility index (Phi) is 50.7. The molecule has 0 aromatic heterocycles. The molecule has 19 heteroatoms. The maximum absolute atomic E-state index is 13.4. The van der Waals surface area contributed by atoms with Gasteiger partial charge in [0.15, 0.2) is 18.9 Å². The molecule has 542 valence electrons. The first-order chi connectivity index (χ1) is 44.8. The van der Waals surface area contributed by atoms with Gasteiger partial charge in [-0.3, -0.25) is 4.79 Å². The summed E-state index contributed by atoms with van der Waals surface area (Å²) in [6, 6.07) is -0.894. The first-order valence-corrected chi connectivity index (χ1v) is 37.6.